The van der Waals surface area contributed by atoms with Gasteiger partial charge in [-0.2, -0.15) is 0 Å². The molecule has 0 spiro atoms. The van der Waals surface area contributed by atoms with E-state index in [9.17, 15) is 27.9 Å². The first-order valence-corrected chi connectivity index (χ1v) is 11.0. The lowest BCUT2D eigenvalue weighted by Gasteiger charge is -2.37. The summed E-state index contributed by atoms with van der Waals surface area (Å²) in [5.41, 5.74) is -0.371. The number of hydrogen-bond donors (Lipinski definition) is 2. The van der Waals surface area contributed by atoms with Crippen molar-refractivity contribution in [3.8, 4) is 0 Å². The fourth-order valence-electron chi connectivity index (χ4n) is 4.88. The molecule has 2 aliphatic heterocycles. The highest BCUT2D eigenvalue weighted by molar-refractivity contribution is 6.57. The van der Waals surface area contributed by atoms with Gasteiger partial charge in [-0.05, 0) is 41.8 Å². The number of urea groups is 1. The van der Waals surface area contributed by atoms with E-state index in [0.717, 1.165) is 18.2 Å². The standard InChI is InChI=1S/C24H25BF3N3O3/c25-22(33)30-13-18(9-19(30)11-26)29-23(34)31-12-15(20-8-17(27)6-7-21(20)28)10-24(31,14-32)16-4-2-1-3-5-16/h1-8,10,18-19,32H,9,11-14,25H2,(H,29,34)/t18-,19-,24+/m0/s1. The van der Waals surface area contributed by atoms with Gasteiger partial charge in [0.25, 0.3) is 0 Å². The summed E-state index contributed by atoms with van der Waals surface area (Å²) in [5, 5.41) is 13.3. The third-order valence-electron chi connectivity index (χ3n) is 6.58. The number of benzene rings is 2. The maximum Gasteiger partial charge on any atom is 0.319 e. The Balaban J connectivity index is 1.67. The van der Waals surface area contributed by atoms with E-state index in [0.29, 0.717) is 11.1 Å². The number of aliphatic hydroxyl groups is 1. The molecule has 0 radical (unpaired) electrons. The first kappa shape index (κ1) is 23.9. The van der Waals surface area contributed by atoms with Crippen LogP contribution in [0.25, 0.3) is 5.57 Å². The van der Waals surface area contributed by atoms with E-state index in [1.54, 1.807) is 36.4 Å². The Morgan fingerprint density at radius 2 is 1.91 bits per heavy atom. The maximum atomic E-state index is 14.6. The molecular formula is C24H25BF3N3O3. The summed E-state index contributed by atoms with van der Waals surface area (Å²) in [6.07, 6.45) is 1.84. The Bertz CT molecular complexity index is 1120. The highest BCUT2D eigenvalue weighted by atomic mass is 19.1. The van der Waals surface area contributed by atoms with Gasteiger partial charge in [-0.25, -0.2) is 18.0 Å². The topological polar surface area (TPSA) is 72.9 Å². The number of halogens is 3. The van der Waals surface area contributed by atoms with E-state index >= 15 is 0 Å². The van der Waals surface area contributed by atoms with Crippen LogP contribution in [0.4, 0.5) is 22.8 Å². The minimum atomic E-state index is -1.32. The van der Waals surface area contributed by atoms with Crippen LogP contribution in [-0.2, 0) is 5.54 Å². The lowest BCUT2D eigenvalue weighted by Crippen LogP contribution is -2.54. The highest BCUT2D eigenvalue weighted by Gasteiger charge is 2.46. The number of nitrogens with one attached hydrogen (secondary N) is 1. The predicted octanol–water partition coefficient (Wildman–Crippen LogP) is 2.43. The van der Waals surface area contributed by atoms with Crippen LogP contribution in [0, 0.1) is 11.6 Å². The second-order valence-corrected chi connectivity index (χ2v) is 8.69. The number of amides is 3. The monoisotopic (exact) mass is 471 g/mol. The maximum absolute atomic E-state index is 14.6. The van der Waals surface area contributed by atoms with Gasteiger partial charge in [0.2, 0.25) is 7.85 Å². The van der Waals surface area contributed by atoms with Crippen molar-refractivity contribution in [3.05, 3.63) is 77.4 Å². The van der Waals surface area contributed by atoms with Gasteiger partial charge >= 0.3 is 6.03 Å². The van der Waals surface area contributed by atoms with Crippen molar-refractivity contribution in [3.63, 3.8) is 0 Å². The van der Waals surface area contributed by atoms with Gasteiger partial charge in [0.1, 0.15) is 23.8 Å². The Kier molecular flexibility index (Phi) is 6.70. The molecule has 2 heterocycles. The molecule has 4 rings (SSSR count). The summed E-state index contributed by atoms with van der Waals surface area (Å²) in [4.78, 5) is 28.0. The molecule has 2 aliphatic rings. The highest BCUT2D eigenvalue weighted by Crippen LogP contribution is 2.41. The average molecular weight is 471 g/mol. The van der Waals surface area contributed by atoms with Gasteiger partial charge in [-0.1, -0.05) is 30.3 Å². The minimum Gasteiger partial charge on any atom is -0.393 e. The van der Waals surface area contributed by atoms with Crippen molar-refractivity contribution in [2.45, 2.75) is 24.0 Å². The lowest BCUT2D eigenvalue weighted by atomic mass is 9.89. The summed E-state index contributed by atoms with van der Waals surface area (Å²) in [5.74, 6) is -1.55. The molecule has 2 aromatic rings. The molecule has 3 amide bonds. The van der Waals surface area contributed by atoms with E-state index < -0.39 is 48.6 Å². The van der Waals surface area contributed by atoms with E-state index in [4.69, 9.17) is 0 Å². The van der Waals surface area contributed by atoms with Crippen LogP contribution in [0.5, 0.6) is 0 Å². The van der Waals surface area contributed by atoms with Crippen molar-refractivity contribution in [1.82, 2.24) is 15.1 Å². The zero-order valence-corrected chi connectivity index (χ0v) is 18.7. The van der Waals surface area contributed by atoms with Crippen molar-refractivity contribution in [2.24, 2.45) is 0 Å². The largest absolute Gasteiger partial charge is 0.393 e. The average Bonchev–Trinajstić information content (AvgIpc) is 3.43. The molecule has 0 bridgehead atoms. The van der Waals surface area contributed by atoms with Crippen LogP contribution in [0.15, 0.2) is 54.6 Å². The zero-order chi connectivity index (χ0) is 24.5. The molecule has 0 aromatic heterocycles. The Labute approximate surface area is 196 Å². The molecule has 178 valence electrons. The van der Waals surface area contributed by atoms with Crippen LogP contribution in [0.3, 0.4) is 0 Å². The first-order chi connectivity index (χ1) is 16.3. The fraction of sp³-hybridized carbons (Fsp3) is 0.333. The summed E-state index contributed by atoms with van der Waals surface area (Å²) >= 11 is 0. The second kappa shape index (κ2) is 9.54. The van der Waals surface area contributed by atoms with Crippen LogP contribution in [-0.4, -0.2) is 73.0 Å². The van der Waals surface area contributed by atoms with Gasteiger partial charge in [0, 0.05) is 18.7 Å². The molecule has 2 aromatic carbocycles. The molecule has 6 nitrogen and oxygen atoms in total. The van der Waals surface area contributed by atoms with Gasteiger partial charge in [-0.3, -0.25) is 4.79 Å². The van der Waals surface area contributed by atoms with Crippen LogP contribution < -0.4 is 5.32 Å². The van der Waals surface area contributed by atoms with Gasteiger partial charge in [-0.15, -0.1) is 0 Å². The molecule has 0 unspecified atom stereocenters. The molecule has 10 heteroatoms. The number of rotatable bonds is 5. The molecular weight excluding hydrogens is 446 g/mol. The smallest absolute Gasteiger partial charge is 0.319 e. The Morgan fingerprint density at radius 1 is 1.18 bits per heavy atom. The SMILES string of the molecule is BC(=O)N1C[C@@H](NC(=O)N2CC(c3cc(F)ccc3F)=C[C@@]2(CO)c2ccccc2)C[C@H]1CF. The number of aliphatic hydroxyl groups excluding tert-OH is 1. The number of likely N-dealkylation sites (tertiary alicyclic amines) is 1. The van der Waals surface area contributed by atoms with Crippen molar-refractivity contribution in [2.75, 3.05) is 26.4 Å². The third kappa shape index (κ3) is 4.30. The van der Waals surface area contributed by atoms with Crippen LogP contribution in [0.2, 0.25) is 0 Å². The molecule has 0 saturated carbocycles. The van der Waals surface area contributed by atoms with Gasteiger partial charge in [0.05, 0.1) is 18.7 Å². The van der Waals surface area contributed by atoms with Gasteiger partial charge in [0.15, 0.2) is 5.81 Å². The van der Waals surface area contributed by atoms with E-state index in [1.165, 1.54) is 17.6 Å². The zero-order valence-electron chi connectivity index (χ0n) is 18.7. The molecule has 2 N–H and O–H groups in total. The number of hydrogen-bond acceptors (Lipinski definition) is 3. The molecule has 1 saturated heterocycles. The van der Waals surface area contributed by atoms with Crippen LogP contribution >= 0.6 is 0 Å². The third-order valence-corrected chi connectivity index (χ3v) is 6.58. The van der Waals surface area contributed by atoms with Crippen LogP contribution in [0.1, 0.15) is 17.5 Å². The fourth-order valence-corrected chi connectivity index (χ4v) is 4.88. The number of nitrogens with zero attached hydrogens (tertiary/aromatic N) is 2. The van der Waals surface area contributed by atoms with Crippen molar-refractivity contribution >= 4 is 25.3 Å². The number of carbonyl (C=O) groups excluding carboxylic acids is 2. The van der Waals surface area contributed by atoms with Crippen molar-refractivity contribution < 1.29 is 27.9 Å². The Hall–Kier alpha value is -3.27. The summed E-state index contributed by atoms with van der Waals surface area (Å²) in [7, 11) is 1.35. The normalized spacial score (nSPS) is 24.3. The second-order valence-electron chi connectivity index (χ2n) is 8.69. The van der Waals surface area contributed by atoms with Gasteiger partial charge < -0.3 is 20.2 Å². The minimum absolute atomic E-state index is 0.00479. The number of carbonyl (C=O) groups is 2. The molecule has 3 atom stereocenters. The quantitative estimate of drug-likeness (QED) is 0.659. The summed E-state index contributed by atoms with van der Waals surface area (Å²) in [6.45, 7) is -1.13. The predicted molar refractivity (Wildman–Crippen MR) is 124 cm³/mol. The molecule has 34 heavy (non-hydrogen) atoms. The molecule has 0 aliphatic carbocycles. The molecule has 1 fully saturated rings. The van der Waals surface area contributed by atoms with E-state index in [-0.39, 0.29) is 30.9 Å². The van der Waals surface area contributed by atoms with E-state index in [2.05, 4.69) is 5.32 Å². The first-order valence-electron chi connectivity index (χ1n) is 11.0. The number of alkyl halides is 1. The van der Waals surface area contributed by atoms with E-state index in [1.807, 2.05) is 0 Å². The Morgan fingerprint density at radius 3 is 2.53 bits per heavy atom. The lowest BCUT2D eigenvalue weighted by molar-refractivity contribution is 0.103. The summed E-state index contributed by atoms with van der Waals surface area (Å²) in [6, 6.07) is 10.2. The van der Waals surface area contributed by atoms with Crippen molar-refractivity contribution in [1.29, 1.82) is 0 Å². The summed E-state index contributed by atoms with van der Waals surface area (Å²) < 4.78 is 41.9.